The predicted octanol–water partition coefficient (Wildman–Crippen LogP) is 1.73. The fraction of sp³-hybridized carbons (Fsp3) is 0.400. The maximum Gasteiger partial charge on any atom is 0.147 e. The molecule has 0 heterocycles. The molecule has 2 N–H and O–H groups in total. The van der Waals surface area contributed by atoms with Crippen LogP contribution in [-0.4, -0.2) is 20.4 Å². The van der Waals surface area contributed by atoms with Gasteiger partial charge in [-0.05, 0) is 40.6 Å². The highest BCUT2D eigenvalue weighted by Crippen LogP contribution is 2.20. The van der Waals surface area contributed by atoms with Crippen molar-refractivity contribution in [2.75, 3.05) is 12.0 Å². The summed E-state index contributed by atoms with van der Waals surface area (Å²) in [5.41, 5.74) is 6.95. The number of nitrogens with two attached hydrogens (primary N) is 1. The Hall–Kier alpha value is -0.140. The lowest BCUT2D eigenvalue weighted by Crippen LogP contribution is -2.16. The maximum absolute atomic E-state index is 11.0. The van der Waals surface area contributed by atoms with Crippen molar-refractivity contribution < 1.29 is 8.42 Å². The summed E-state index contributed by atoms with van der Waals surface area (Å²) in [6.07, 6.45) is 1.70. The Labute approximate surface area is 104 Å². The molecule has 1 rings (SSSR count). The zero-order valence-corrected chi connectivity index (χ0v) is 11.5. The first-order valence-corrected chi connectivity index (χ1v) is 7.72. The highest BCUT2D eigenvalue weighted by molar-refractivity contribution is 14.1. The molecule has 0 aliphatic rings. The molecule has 1 aromatic carbocycles. The van der Waals surface area contributed by atoms with Crippen LogP contribution in [0.15, 0.2) is 24.3 Å². The largest absolute Gasteiger partial charge is 0.324 e. The summed E-state index contributed by atoms with van der Waals surface area (Å²) in [7, 11) is -2.92. The van der Waals surface area contributed by atoms with E-state index in [4.69, 9.17) is 5.73 Å². The molecule has 0 bridgehead atoms. The summed E-state index contributed by atoms with van der Waals surface area (Å²) in [6.45, 7) is 0. The molecule has 1 unspecified atom stereocenters. The second-order valence-corrected chi connectivity index (χ2v) is 6.97. The van der Waals surface area contributed by atoms with Crippen LogP contribution < -0.4 is 5.73 Å². The Morgan fingerprint density at radius 1 is 1.40 bits per heavy atom. The fourth-order valence-corrected chi connectivity index (χ4v) is 2.74. The van der Waals surface area contributed by atoms with E-state index in [2.05, 4.69) is 22.6 Å². The summed E-state index contributed by atoms with van der Waals surface area (Å²) in [4.78, 5) is 0. The monoisotopic (exact) mass is 339 g/mol. The molecule has 0 saturated heterocycles. The van der Waals surface area contributed by atoms with Gasteiger partial charge >= 0.3 is 0 Å². The summed E-state index contributed by atoms with van der Waals surface area (Å²) >= 11 is 2.21. The third-order valence-electron chi connectivity index (χ3n) is 2.10. The fourth-order valence-electron chi connectivity index (χ4n) is 1.27. The first-order valence-electron chi connectivity index (χ1n) is 4.58. The molecule has 0 fully saturated rings. The van der Waals surface area contributed by atoms with Gasteiger partial charge in [-0.25, -0.2) is 8.42 Å². The van der Waals surface area contributed by atoms with E-state index >= 15 is 0 Å². The minimum atomic E-state index is -2.92. The van der Waals surface area contributed by atoms with Gasteiger partial charge in [-0.3, -0.25) is 0 Å². The van der Waals surface area contributed by atoms with Crippen LogP contribution in [-0.2, 0) is 9.84 Å². The van der Waals surface area contributed by atoms with E-state index in [1.165, 1.54) is 6.26 Å². The van der Waals surface area contributed by atoms with Crippen LogP contribution in [0.1, 0.15) is 18.0 Å². The lowest BCUT2D eigenvalue weighted by Gasteiger charge is -2.12. The van der Waals surface area contributed by atoms with Crippen molar-refractivity contribution in [1.29, 1.82) is 0 Å². The summed E-state index contributed by atoms with van der Waals surface area (Å²) in [5, 5.41) is 0. The number of halogens is 1. The number of hydrogen-bond donors (Lipinski definition) is 1. The number of benzene rings is 1. The van der Waals surface area contributed by atoms with Gasteiger partial charge in [0.05, 0.1) is 5.75 Å². The van der Waals surface area contributed by atoms with Gasteiger partial charge in [-0.1, -0.05) is 18.2 Å². The molecular formula is C10H14INO2S. The van der Waals surface area contributed by atoms with Gasteiger partial charge in [0.1, 0.15) is 9.84 Å². The summed E-state index contributed by atoms with van der Waals surface area (Å²) < 4.78 is 23.1. The van der Waals surface area contributed by atoms with Gasteiger partial charge in [-0.15, -0.1) is 0 Å². The lowest BCUT2D eigenvalue weighted by molar-refractivity contribution is 0.591. The quantitative estimate of drug-likeness (QED) is 0.850. The normalized spacial score (nSPS) is 13.8. The van der Waals surface area contributed by atoms with Crippen LogP contribution in [0.2, 0.25) is 0 Å². The second kappa shape index (κ2) is 5.27. The molecule has 1 aromatic rings. The zero-order valence-electron chi connectivity index (χ0n) is 8.48. The average molecular weight is 339 g/mol. The molecule has 0 radical (unpaired) electrons. The Morgan fingerprint density at radius 3 is 2.53 bits per heavy atom. The molecule has 5 heteroatoms. The molecule has 0 spiro atoms. The molecular weight excluding hydrogens is 325 g/mol. The molecule has 0 aromatic heterocycles. The Kier molecular flexibility index (Phi) is 4.54. The van der Waals surface area contributed by atoms with Crippen molar-refractivity contribution >= 4 is 32.4 Å². The molecule has 0 aliphatic carbocycles. The Morgan fingerprint density at radius 2 is 2.00 bits per heavy atom. The lowest BCUT2D eigenvalue weighted by atomic mass is 10.1. The van der Waals surface area contributed by atoms with E-state index in [1.54, 1.807) is 0 Å². The van der Waals surface area contributed by atoms with E-state index in [0.29, 0.717) is 6.42 Å². The van der Waals surface area contributed by atoms with E-state index < -0.39 is 9.84 Å². The Bertz CT molecular complexity index is 431. The van der Waals surface area contributed by atoms with Crippen molar-refractivity contribution in [3.63, 3.8) is 0 Å². The van der Waals surface area contributed by atoms with Crippen LogP contribution in [0.4, 0.5) is 0 Å². The highest BCUT2D eigenvalue weighted by Gasteiger charge is 2.12. The van der Waals surface area contributed by atoms with E-state index in [9.17, 15) is 8.42 Å². The SMILES string of the molecule is CS(=O)(=O)CCC(N)c1ccccc1I. The van der Waals surface area contributed by atoms with Crippen LogP contribution >= 0.6 is 22.6 Å². The number of sulfone groups is 1. The van der Waals surface area contributed by atoms with Crippen LogP contribution in [0.25, 0.3) is 0 Å². The van der Waals surface area contributed by atoms with Crippen LogP contribution in [0.3, 0.4) is 0 Å². The van der Waals surface area contributed by atoms with Gasteiger partial charge in [0.15, 0.2) is 0 Å². The van der Waals surface area contributed by atoms with E-state index in [0.717, 1.165) is 9.13 Å². The summed E-state index contributed by atoms with van der Waals surface area (Å²) in [6, 6.07) is 7.56. The minimum Gasteiger partial charge on any atom is -0.324 e. The van der Waals surface area contributed by atoms with Crippen LogP contribution in [0, 0.1) is 3.57 Å². The van der Waals surface area contributed by atoms with Gasteiger partial charge < -0.3 is 5.73 Å². The highest BCUT2D eigenvalue weighted by atomic mass is 127. The molecule has 0 saturated carbocycles. The molecule has 0 aliphatic heterocycles. The third-order valence-corrected chi connectivity index (χ3v) is 4.06. The first-order chi connectivity index (χ1) is 6.90. The predicted molar refractivity (Wildman–Crippen MR) is 70.4 cm³/mol. The van der Waals surface area contributed by atoms with Crippen LogP contribution in [0.5, 0.6) is 0 Å². The van der Waals surface area contributed by atoms with Crippen molar-refractivity contribution in [3.8, 4) is 0 Å². The number of rotatable bonds is 4. The maximum atomic E-state index is 11.0. The van der Waals surface area contributed by atoms with Crippen molar-refractivity contribution in [3.05, 3.63) is 33.4 Å². The molecule has 3 nitrogen and oxygen atoms in total. The standard InChI is InChI=1S/C10H14INO2S/c1-15(13,14)7-6-10(12)8-4-2-3-5-9(8)11/h2-5,10H,6-7,12H2,1H3. The van der Waals surface area contributed by atoms with Crippen molar-refractivity contribution in [2.24, 2.45) is 5.73 Å². The van der Waals surface area contributed by atoms with Gasteiger partial charge in [0.25, 0.3) is 0 Å². The van der Waals surface area contributed by atoms with E-state index in [1.807, 2.05) is 24.3 Å². The average Bonchev–Trinajstić information content (AvgIpc) is 2.14. The van der Waals surface area contributed by atoms with Gasteiger partial charge in [0.2, 0.25) is 0 Å². The minimum absolute atomic E-state index is 0.138. The summed E-state index contributed by atoms with van der Waals surface area (Å²) in [5.74, 6) is 0.138. The van der Waals surface area contributed by atoms with Gasteiger partial charge in [0, 0.05) is 15.9 Å². The van der Waals surface area contributed by atoms with Crippen molar-refractivity contribution in [2.45, 2.75) is 12.5 Å². The van der Waals surface area contributed by atoms with E-state index in [-0.39, 0.29) is 11.8 Å². The topological polar surface area (TPSA) is 60.2 Å². The number of hydrogen-bond acceptors (Lipinski definition) is 3. The van der Waals surface area contributed by atoms with Crippen molar-refractivity contribution in [1.82, 2.24) is 0 Å². The Balaban J connectivity index is 2.70. The van der Waals surface area contributed by atoms with Gasteiger partial charge in [-0.2, -0.15) is 0 Å². The molecule has 84 valence electrons. The first kappa shape index (κ1) is 12.9. The zero-order chi connectivity index (χ0) is 11.5. The molecule has 1 atom stereocenters. The smallest absolute Gasteiger partial charge is 0.147 e. The molecule has 15 heavy (non-hydrogen) atoms. The second-order valence-electron chi connectivity index (χ2n) is 3.55. The third kappa shape index (κ3) is 4.48. The molecule has 0 amide bonds.